The Morgan fingerprint density at radius 2 is 0.667 bits per heavy atom. The molecule has 0 aliphatic heterocycles. The molecule has 2 fully saturated rings. The number of carboxylic acids is 6. The highest BCUT2D eigenvalue weighted by atomic mass is 16.6. The molecule has 2 rings (SSSR count). The van der Waals surface area contributed by atoms with Gasteiger partial charge < -0.3 is 35.4 Å². The van der Waals surface area contributed by atoms with Crippen molar-refractivity contribution in [1.29, 1.82) is 0 Å². The summed E-state index contributed by atoms with van der Waals surface area (Å²) in [6.07, 6.45) is -1.56. The summed E-state index contributed by atoms with van der Waals surface area (Å²) in [5.41, 5.74) is 0. The van der Waals surface area contributed by atoms with Gasteiger partial charge in [-0.1, -0.05) is 0 Å². The fraction of sp³-hybridized carbons (Fsp3) is 0.556. The Hall–Kier alpha value is -4.04. The Labute approximate surface area is 182 Å². The Morgan fingerprint density at radius 1 is 0.424 bits per heavy atom. The van der Waals surface area contributed by atoms with E-state index in [1.165, 1.54) is 0 Å². The van der Waals surface area contributed by atoms with E-state index in [0.717, 1.165) is 0 Å². The van der Waals surface area contributed by atoms with Crippen molar-refractivity contribution in [3.63, 3.8) is 0 Å². The van der Waals surface area contributed by atoms with Crippen molar-refractivity contribution in [2.24, 2.45) is 47.3 Å². The summed E-state index contributed by atoms with van der Waals surface area (Å²) in [5.74, 6) is -30.2. The van der Waals surface area contributed by atoms with Crippen LogP contribution < -0.4 is 0 Å². The van der Waals surface area contributed by atoms with Crippen molar-refractivity contribution in [2.75, 3.05) is 0 Å². The molecule has 0 bridgehead atoms. The lowest BCUT2D eigenvalue weighted by molar-refractivity contribution is -0.176. The smallest absolute Gasteiger partial charge is 0.318 e. The van der Waals surface area contributed by atoms with Crippen LogP contribution in [-0.2, 0) is 43.1 Å². The highest BCUT2D eigenvalue weighted by Crippen LogP contribution is 2.45. The molecule has 2 aliphatic carbocycles. The maximum absolute atomic E-state index is 12.6. The van der Waals surface area contributed by atoms with Crippen LogP contribution in [0.1, 0.15) is 12.8 Å². The maximum atomic E-state index is 12.6. The van der Waals surface area contributed by atoms with Crippen LogP contribution in [0.5, 0.6) is 0 Å². The van der Waals surface area contributed by atoms with Gasteiger partial charge in [0.15, 0.2) is 0 Å². The number of hydrogen-bond acceptors (Lipinski definition) is 9. The van der Waals surface area contributed by atoms with Crippen LogP contribution in [0.25, 0.3) is 0 Å². The first-order chi connectivity index (χ1) is 15.2. The van der Waals surface area contributed by atoms with Crippen molar-refractivity contribution >= 4 is 47.8 Å². The Kier molecular flexibility index (Phi) is 7.04. The van der Waals surface area contributed by atoms with Crippen LogP contribution in [0, 0.1) is 47.3 Å². The van der Waals surface area contributed by atoms with E-state index in [1.54, 1.807) is 0 Å². The summed E-state index contributed by atoms with van der Waals surface area (Å²) < 4.78 is 4.48. The largest absolute Gasteiger partial charge is 0.481 e. The topological polar surface area (TPSA) is 267 Å². The minimum absolute atomic E-state index is 0.782. The minimum atomic E-state index is -2.16. The highest BCUT2D eigenvalue weighted by Gasteiger charge is 2.60. The van der Waals surface area contributed by atoms with Crippen molar-refractivity contribution in [3.8, 4) is 0 Å². The van der Waals surface area contributed by atoms with E-state index in [4.69, 9.17) is 0 Å². The standard InChI is InChI=1S/C18H18O15/c19-11(20)3-1-5(13(23)24)9(7(3)15(27)28)17(31)33-18(32)10-6(14(25)26)2-4(12(21)22)8(10)16(29)30/h3-10H,1-2H2,(H,19,20)(H,21,22)(H,23,24)(H,25,26)(H,27,28)(H,29,30). The second-order valence-corrected chi connectivity index (χ2v) is 7.77. The molecule has 0 spiro atoms. The van der Waals surface area contributed by atoms with E-state index in [-0.39, 0.29) is 0 Å². The van der Waals surface area contributed by atoms with Gasteiger partial charge in [-0.05, 0) is 12.8 Å². The molecule has 33 heavy (non-hydrogen) atoms. The molecular formula is C18H18O15. The second kappa shape index (κ2) is 9.22. The number of rotatable bonds is 8. The summed E-state index contributed by atoms with van der Waals surface area (Å²) in [6.45, 7) is 0. The third kappa shape index (κ3) is 4.61. The SMILES string of the molecule is O=C(O)C1CC(C(=O)O)C(C(=O)OC(=O)C2C(C(=O)O)CC(C(=O)O)C2C(=O)O)C1C(=O)O. The third-order valence-corrected chi connectivity index (χ3v) is 6.11. The number of esters is 2. The van der Waals surface area contributed by atoms with Gasteiger partial charge in [-0.2, -0.15) is 0 Å². The fourth-order valence-corrected chi connectivity index (χ4v) is 4.66. The Bertz CT molecular complexity index is 861. The summed E-state index contributed by atoms with van der Waals surface area (Å²) >= 11 is 0. The van der Waals surface area contributed by atoms with Crippen LogP contribution >= 0.6 is 0 Å². The number of ether oxygens (including phenoxy) is 1. The van der Waals surface area contributed by atoms with E-state index in [2.05, 4.69) is 4.74 Å². The first-order valence-corrected chi connectivity index (χ1v) is 9.33. The molecule has 2 saturated carbocycles. The lowest BCUT2D eigenvalue weighted by Gasteiger charge is -2.22. The van der Waals surface area contributed by atoms with Crippen LogP contribution in [0.3, 0.4) is 0 Å². The van der Waals surface area contributed by atoms with E-state index in [0.29, 0.717) is 0 Å². The number of carbonyl (C=O) groups excluding carboxylic acids is 2. The summed E-state index contributed by atoms with van der Waals surface area (Å²) in [6, 6.07) is 0. The van der Waals surface area contributed by atoms with Crippen LogP contribution in [-0.4, -0.2) is 78.4 Å². The lowest BCUT2D eigenvalue weighted by atomic mass is 9.85. The van der Waals surface area contributed by atoms with Gasteiger partial charge in [0.1, 0.15) is 0 Å². The molecule has 15 heteroatoms. The molecule has 15 nitrogen and oxygen atoms in total. The van der Waals surface area contributed by atoms with Crippen LogP contribution in [0.15, 0.2) is 0 Å². The quantitative estimate of drug-likeness (QED) is 0.169. The number of hydrogen-bond donors (Lipinski definition) is 6. The molecule has 2 aliphatic rings. The molecule has 0 radical (unpaired) electrons. The molecule has 8 atom stereocenters. The molecule has 6 N–H and O–H groups in total. The normalized spacial score (nSPS) is 33.1. The highest BCUT2D eigenvalue weighted by molar-refractivity contribution is 5.98. The molecule has 8 unspecified atom stereocenters. The Morgan fingerprint density at radius 3 is 0.879 bits per heavy atom. The van der Waals surface area contributed by atoms with Gasteiger partial charge in [-0.25, -0.2) is 0 Å². The molecule has 0 heterocycles. The first kappa shape index (κ1) is 25.2. The molecule has 0 aromatic rings. The average Bonchev–Trinajstić information content (AvgIpc) is 3.28. The minimum Gasteiger partial charge on any atom is -0.481 e. The predicted molar refractivity (Wildman–Crippen MR) is 94.1 cm³/mol. The van der Waals surface area contributed by atoms with Crippen molar-refractivity contribution in [3.05, 3.63) is 0 Å². The molecular weight excluding hydrogens is 456 g/mol. The number of carboxylic acid groups (broad SMARTS) is 6. The molecule has 0 aromatic carbocycles. The fourth-order valence-electron chi connectivity index (χ4n) is 4.66. The van der Waals surface area contributed by atoms with Crippen molar-refractivity contribution in [2.45, 2.75) is 12.8 Å². The molecule has 0 amide bonds. The van der Waals surface area contributed by atoms with Gasteiger partial charge in [0.2, 0.25) is 0 Å². The van der Waals surface area contributed by atoms with Crippen LogP contribution in [0.2, 0.25) is 0 Å². The van der Waals surface area contributed by atoms with Gasteiger partial charge >= 0.3 is 47.8 Å². The zero-order valence-electron chi connectivity index (χ0n) is 16.4. The first-order valence-electron chi connectivity index (χ1n) is 9.33. The molecule has 0 saturated heterocycles. The van der Waals surface area contributed by atoms with Gasteiger partial charge in [0.05, 0.1) is 47.3 Å². The zero-order valence-corrected chi connectivity index (χ0v) is 16.4. The summed E-state index contributed by atoms with van der Waals surface area (Å²) in [5, 5.41) is 55.7. The van der Waals surface area contributed by atoms with Crippen molar-refractivity contribution < 1.29 is 73.7 Å². The summed E-state index contributed by atoms with van der Waals surface area (Å²) in [7, 11) is 0. The lowest BCUT2D eigenvalue weighted by Crippen LogP contribution is -2.41. The third-order valence-electron chi connectivity index (χ3n) is 6.11. The number of aliphatic carboxylic acids is 6. The summed E-state index contributed by atoms with van der Waals surface area (Å²) in [4.78, 5) is 94.1. The van der Waals surface area contributed by atoms with Gasteiger partial charge in [0, 0.05) is 0 Å². The average molecular weight is 474 g/mol. The van der Waals surface area contributed by atoms with Gasteiger partial charge in [-0.3, -0.25) is 38.4 Å². The predicted octanol–water partition coefficient (Wildman–Crippen LogP) is -1.70. The molecule has 180 valence electrons. The number of carbonyl (C=O) groups is 8. The van der Waals surface area contributed by atoms with E-state index >= 15 is 0 Å². The van der Waals surface area contributed by atoms with Gasteiger partial charge in [-0.15, -0.1) is 0 Å². The van der Waals surface area contributed by atoms with E-state index in [9.17, 15) is 69.0 Å². The van der Waals surface area contributed by atoms with Gasteiger partial charge in [0.25, 0.3) is 0 Å². The Balaban J connectivity index is 2.41. The second-order valence-electron chi connectivity index (χ2n) is 7.77. The van der Waals surface area contributed by atoms with E-state index in [1.807, 2.05) is 0 Å². The van der Waals surface area contributed by atoms with E-state index < -0.39 is 108 Å². The maximum Gasteiger partial charge on any atom is 0.318 e. The monoisotopic (exact) mass is 474 g/mol. The molecule has 0 aromatic heterocycles. The zero-order chi connectivity index (χ0) is 25.4. The van der Waals surface area contributed by atoms with Crippen LogP contribution in [0.4, 0.5) is 0 Å². The van der Waals surface area contributed by atoms with Crippen molar-refractivity contribution in [1.82, 2.24) is 0 Å².